The van der Waals surface area contributed by atoms with Crippen LogP contribution in [0.1, 0.15) is 12.7 Å². The van der Waals surface area contributed by atoms with Crippen LogP contribution in [0.3, 0.4) is 0 Å². The monoisotopic (exact) mass is 407 g/mol. The Morgan fingerprint density at radius 3 is 2.73 bits per heavy atom. The minimum Gasteiger partial charge on any atom is -0.467 e. The third-order valence-electron chi connectivity index (χ3n) is 5.92. The summed E-state index contributed by atoms with van der Waals surface area (Å²) in [5.74, 6) is -1.01. The number of hydrogen-bond acceptors (Lipinski definition) is 5. The van der Waals surface area contributed by atoms with E-state index >= 15 is 0 Å². The van der Waals surface area contributed by atoms with Gasteiger partial charge in [0.15, 0.2) is 0 Å². The Morgan fingerprint density at radius 1 is 1.23 bits per heavy atom. The molecule has 8 nitrogen and oxygen atoms in total. The van der Waals surface area contributed by atoms with E-state index < -0.39 is 23.5 Å². The molecule has 1 aromatic carbocycles. The van der Waals surface area contributed by atoms with Gasteiger partial charge in [0.1, 0.15) is 11.4 Å². The molecule has 154 valence electrons. The molecule has 4 atom stereocenters. The van der Waals surface area contributed by atoms with Crippen LogP contribution in [0.15, 0.2) is 59.2 Å². The van der Waals surface area contributed by atoms with Gasteiger partial charge < -0.3 is 24.7 Å². The number of fused-ring (bicyclic) bond motifs is 1. The molecule has 2 fully saturated rings. The predicted molar refractivity (Wildman–Crippen MR) is 107 cm³/mol. The van der Waals surface area contributed by atoms with Crippen LogP contribution in [0.25, 0.3) is 0 Å². The Hall–Kier alpha value is -3.39. The highest BCUT2D eigenvalue weighted by atomic mass is 16.5. The van der Waals surface area contributed by atoms with Crippen LogP contribution in [0.5, 0.6) is 0 Å². The molecular weight excluding hydrogens is 386 g/mol. The molecule has 3 amide bonds. The fourth-order valence-electron chi connectivity index (χ4n) is 4.65. The molecule has 30 heavy (non-hydrogen) atoms. The van der Waals surface area contributed by atoms with Crippen molar-refractivity contribution in [3.8, 4) is 0 Å². The topological polar surface area (TPSA) is 101 Å². The lowest BCUT2D eigenvalue weighted by atomic mass is 9.77. The van der Waals surface area contributed by atoms with E-state index in [1.165, 1.54) is 6.92 Å². The number of carbonyl (C=O) groups excluding carboxylic acids is 3. The molecule has 1 aromatic heterocycles. The molecule has 3 aliphatic heterocycles. The zero-order chi connectivity index (χ0) is 20.9. The second-order valence-corrected chi connectivity index (χ2v) is 7.85. The fraction of sp³-hybridized carbons (Fsp3) is 0.318. The van der Waals surface area contributed by atoms with Gasteiger partial charge in [0.05, 0.1) is 37.3 Å². The van der Waals surface area contributed by atoms with Crippen LogP contribution in [0.4, 0.5) is 11.4 Å². The maximum Gasteiger partial charge on any atom is 0.234 e. The van der Waals surface area contributed by atoms with E-state index in [9.17, 15) is 14.4 Å². The number of furan rings is 1. The first-order valence-corrected chi connectivity index (χ1v) is 9.83. The second-order valence-electron chi connectivity index (χ2n) is 7.85. The Morgan fingerprint density at radius 2 is 2.03 bits per heavy atom. The zero-order valence-electron chi connectivity index (χ0n) is 16.3. The third-order valence-corrected chi connectivity index (χ3v) is 5.92. The van der Waals surface area contributed by atoms with Crippen molar-refractivity contribution in [2.75, 3.05) is 16.8 Å². The van der Waals surface area contributed by atoms with Crippen LogP contribution in [0, 0.1) is 11.8 Å². The molecule has 2 N–H and O–H groups in total. The van der Waals surface area contributed by atoms with E-state index in [0.29, 0.717) is 23.7 Å². The van der Waals surface area contributed by atoms with Crippen molar-refractivity contribution in [1.29, 1.82) is 0 Å². The average Bonchev–Trinajstić information content (AvgIpc) is 3.48. The van der Waals surface area contributed by atoms with E-state index in [-0.39, 0.29) is 24.3 Å². The molecule has 5 rings (SSSR count). The summed E-state index contributed by atoms with van der Waals surface area (Å²) in [4.78, 5) is 39.1. The number of benzene rings is 1. The van der Waals surface area contributed by atoms with Gasteiger partial charge in [-0.2, -0.15) is 0 Å². The number of ether oxygens (including phenoxy) is 1. The largest absolute Gasteiger partial charge is 0.467 e. The molecule has 0 radical (unpaired) electrons. The van der Waals surface area contributed by atoms with Gasteiger partial charge in [0, 0.05) is 18.3 Å². The van der Waals surface area contributed by atoms with Gasteiger partial charge in [-0.15, -0.1) is 0 Å². The summed E-state index contributed by atoms with van der Waals surface area (Å²) in [7, 11) is 0. The van der Waals surface area contributed by atoms with E-state index in [1.54, 1.807) is 47.6 Å². The smallest absolute Gasteiger partial charge is 0.234 e. The number of anilines is 2. The molecule has 0 aliphatic carbocycles. The standard InChI is InChI=1S/C22H21N3O5/c1-13(26)24-14-4-6-15(7-5-14)25-12-22-9-8-17(30-22)18(19(22)21(25)28)20(27)23-11-16-3-2-10-29-16/h2-10,17-19H,11-12H2,1H3,(H,23,27)(H,24,26)/t17-,18-,19-,22-/m1/s1. The van der Waals surface area contributed by atoms with Gasteiger partial charge in [-0.3, -0.25) is 14.4 Å². The van der Waals surface area contributed by atoms with E-state index in [0.717, 1.165) is 0 Å². The Labute approximate surface area is 172 Å². The summed E-state index contributed by atoms with van der Waals surface area (Å²) in [5.41, 5.74) is 0.571. The van der Waals surface area contributed by atoms with Crippen molar-refractivity contribution in [3.05, 3.63) is 60.6 Å². The van der Waals surface area contributed by atoms with Gasteiger partial charge >= 0.3 is 0 Å². The summed E-state index contributed by atoms with van der Waals surface area (Å²) in [5, 5.41) is 5.57. The Kier molecular flexibility index (Phi) is 4.25. The predicted octanol–water partition coefficient (Wildman–Crippen LogP) is 1.84. The van der Waals surface area contributed by atoms with Gasteiger partial charge in [-0.25, -0.2) is 0 Å². The van der Waals surface area contributed by atoms with E-state index in [2.05, 4.69) is 10.6 Å². The Bertz CT molecular complexity index is 1030. The van der Waals surface area contributed by atoms with Crippen molar-refractivity contribution >= 4 is 29.1 Å². The lowest BCUT2D eigenvalue weighted by Crippen LogP contribution is -2.43. The minimum atomic E-state index is -0.787. The van der Waals surface area contributed by atoms with Crippen LogP contribution in [0.2, 0.25) is 0 Å². The lowest BCUT2D eigenvalue weighted by Gasteiger charge is -2.23. The maximum absolute atomic E-state index is 13.3. The molecule has 2 bridgehead atoms. The number of nitrogens with zero attached hydrogens (tertiary/aromatic N) is 1. The Balaban J connectivity index is 1.35. The molecule has 1 spiro atoms. The molecule has 0 unspecified atom stereocenters. The summed E-state index contributed by atoms with van der Waals surface area (Å²) in [6.45, 7) is 2.06. The lowest BCUT2D eigenvalue weighted by molar-refractivity contribution is -0.132. The fourth-order valence-corrected chi connectivity index (χ4v) is 4.65. The highest BCUT2D eigenvalue weighted by molar-refractivity contribution is 6.03. The van der Waals surface area contributed by atoms with Crippen molar-refractivity contribution in [2.24, 2.45) is 11.8 Å². The normalized spacial score (nSPS) is 28.6. The van der Waals surface area contributed by atoms with Crippen molar-refractivity contribution in [3.63, 3.8) is 0 Å². The molecule has 0 saturated carbocycles. The summed E-state index contributed by atoms with van der Waals surface area (Å²) >= 11 is 0. The van der Waals surface area contributed by atoms with Crippen molar-refractivity contribution in [1.82, 2.24) is 5.32 Å². The number of carbonyl (C=O) groups is 3. The summed E-state index contributed by atoms with van der Waals surface area (Å²) in [6.07, 6.45) is 4.95. The molecular formula is C22H21N3O5. The average molecular weight is 407 g/mol. The van der Waals surface area contributed by atoms with Crippen molar-refractivity contribution in [2.45, 2.75) is 25.2 Å². The van der Waals surface area contributed by atoms with Gasteiger partial charge in [0.25, 0.3) is 0 Å². The quantitative estimate of drug-likeness (QED) is 0.737. The molecule has 4 heterocycles. The highest BCUT2D eigenvalue weighted by Gasteiger charge is 2.67. The van der Waals surface area contributed by atoms with E-state index in [4.69, 9.17) is 9.15 Å². The third kappa shape index (κ3) is 2.91. The molecule has 2 aromatic rings. The highest BCUT2D eigenvalue weighted by Crippen LogP contribution is 2.52. The summed E-state index contributed by atoms with van der Waals surface area (Å²) in [6, 6.07) is 10.6. The molecule has 8 heteroatoms. The second kappa shape index (κ2) is 6.84. The number of nitrogens with one attached hydrogen (secondary N) is 2. The first-order valence-electron chi connectivity index (χ1n) is 9.83. The van der Waals surface area contributed by atoms with Gasteiger partial charge in [-0.1, -0.05) is 12.2 Å². The maximum atomic E-state index is 13.3. The number of hydrogen-bond donors (Lipinski definition) is 2. The number of rotatable bonds is 5. The van der Waals surface area contributed by atoms with Crippen LogP contribution >= 0.6 is 0 Å². The van der Waals surface area contributed by atoms with Crippen LogP contribution in [-0.2, 0) is 25.7 Å². The minimum absolute atomic E-state index is 0.132. The van der Waals surface area contributed by atoms with E-state index in [1.807, 2.05) is 12.2 Å². The van der Waals surface area contributed by atoms with Gasteiger partial charge in [-0.05, 0) is 36.4 Å². The van der Waals surface area contributed by atoms with Crippen LogP contribution < -0.4 is 15.5 Å². The van der Waals surface area contributed by atoms with Gasteiger partial charge in [0.2, 0.25) is 17.7 Å². The van der Waals surface area contributed by atoms with Crippen LogP contribution in [-0.4, -0.2) is 36.0 Å². The van der Waals surface area contributed by atoms with Crippen molar-refractivity contribution < 1.29 is 23.5 Å². The number of amides is 3. The zero-order valence-corrected chi connectivity index (χ0v) is 16.3. The molecule has 3 aliphatic rings. The summed E-state index contributed by atoms with van der Waals surface area (Å²) < 4.78 is 11.4. The molecule has 2 saturated heterocycles. The first kappa shape index (κ1) is 18.6. The SMILES string of the molecule is CC(=O)Nc1ccc(N2C[C@@]34C=C[C@@H](O3)[C@@H](C(=O)NCc3ccco3)[C@@H]4C2=O)cc1. The first-order chi connectivity index (χ1) is 14.5.